The number of nitrogens with one attached hydrogen (secondary N) is 1. The monoisotopic (exact) mass is 243 g/mol. The van der Waals surface area contributed by atoms with Crippen LogP contribution in [0.3, 0.4) is 0 Å². The molecule has 0 amide bonds. The number of hydrogen-bond donors (Lipinski definition) is 1. The largest absolute Gasteiger partial charge is 0.362 e. The Hall–Kier alpha value is -1.92. The molecule has 18 heavy (non-hydrogen) atoms. The van der Waals surface area contributed by atoms with E-state index in [2.05, 4.69) is 25.3 Å². The van der Waals surface area contributed by atoms with E-state index in [9.17, 15) is 0 Å². The average Bonchev–Trinajstić information content (AvgIpc) is 2.47. The van der Waals surface area contributed by atoms with E-state index < -0.39 is 0 Å². The average molecular weight is 243 g/mol. The van der Waals surface area contributed by atoms with Gasteiger partial charge in [-0.25, -0.2) is 19.9 Å². The molecule has 3 heterocycles. The van der Waals surface area contributed by atoms with Crippen molar-refractivity contribution in [1.29, 1.82) is 0 Å². The van der Waals surface area contributed by atoms with Crippen molar-refractivity contribution in [2.45, 2.75) is 12.6 Å². The second-order valence-electron chi connectivity index (χ2n) is 3.99. The normalized spacial score (nSPS) is 18.4. The fraction of sp³-hybridized carbons (Fsp3) is 0.333. The van der Waals surface area contributed by atoms with Gasteiger partial charge in [0.25, 0.3) is 0 Å². The van der Waals surface area contributed by atoms with Crippen LogP contribution in [0.1, 0.15) is 17.5 Å². The molecule has 0 radical (unpaired) electrons. The van der Waals surface area contributed by atoms with Gasteiger partial charge in [-0.3, -0.25) is 5.32 Å². The minimum absolute atomic E-state index is 0.125. The summed E-state index contributed by atoms with van der Waals surface area (Å²) < 4.78 is 5.34. The lowest BCUT2D eigenvalue weighted by Gasteiger charge is -2.24. The van der Waals surface area contributed by atoms with E-state index in [1.165, 1.54) is 0 Å². The molecule has 1 atom stereocenters. The SMILES string of the molecule is COC1NCCc2nc(-c3ncccn3)ncc21. The minimum Gasteiger partial charge on any atom is -0.362 e. The molecule has 0 aliphatic carbocycles. The zero-order chi connectivity index (χ0) is 12.4. The van der Waals surface area contributed by atoms with Crippen molar-refractivity contribution in [2.75, 3.05) is 13.7 Å². The molecule has 0 saturated heterocycles. The van der Waals surface area contributed by atoms with Gasteiger partial charge in [-0.15, -0.1) is 0 Å². The molecule has 0 spiro atoms. The number of rotatable bonds is 2. The van der Waals surface area contributed by atoms with Crippen LogP contribution in [0.2, 0.25) is 0 Å². The first kappa shape index (κ1) is 11.2. The molecular formula is C12H13N5O. The van der Waals surface area contributed by atoms with Crippen LogP contribution in [0.4, 0.5) is 0 Å². The molecule has 1 N–H and O–H groups in total. The Morgan fingerprint density at radius 3 is 2.83 bits per heavy atom. The summed E-state index contributed by atoms with van der Waals surface area (Å²) in [6.45, 7) is 0.845. The van der Waals surface area contributed by atoms with Gasteiger partial charge >= 0.3 is 0 Å². The van der Waals surface area contributed by atoms with E-state index in [-0.39, 0.29) is 6.23 Å². The lowest BCUT2D eigenvalue weighted by Crippen LogP contribution is -2.31. The van der Waals surface area contributed by atoms with Gasteiger partial charge < -0.3 is 4.74 Å². The Kier molecular flexibility index (Phi) is 2.95. The highest BCUT2D eigenvalue weighted by molar-refractivity contribution is 5.43. The molecule has 0 aromatic carbocycles. The fourth-order valence-electron chi connectivity index (χ4n) is 2.01. The van der Waals surface area contributed by atoms with Crippen LogP contribution in [-0.4, -0.2) is 33.6 Å². The first-order chi connectivity index (χ1) is 8.88. The van der Waals surface area contributed by atoms with Crippen LogP contribution >= 0.6 is 0 Å². The summed E-state index contributed by atoms with van der Waals surface area (Å²) in [7, 11) is 1.67. The summed E-state index contributed by atoms with van der Waals surface area (Å²) in [6.07, 6.45) is 5.89. The van der Waals surface area contributed by atoms with E-state index in [4.69, 9.17) is 4.74 Å². The molecule has 1 aliphatic heterocycles. The van der Waals surface area contributed by atoms with E-state index in [0.717, 1.165) is 24.2 Å². The second kappa shape index (κ2) is 4.75. The van der Waals surface area contributed by atoms with Crippen molar-refractivity contribution >= 4 is 0 Å². The zero-order valence-corrected chi connectivity index (χ0v) is 10.00. The highest BCUT2D eigenvalue weighted by Crippen LogP contribution is 2.22. The second-order valence-corrected chi connectivity index (χ2v) is 3.99. The van der Waals surface area contributed by atoms with Crippen LogP contribution in [-0.2, 0) is 11.2 Å². The van der Waals surface area contributed by atoms with Gasteiger partial charge in [0.2, 0.25) is 0 Å². The number of fused-ring (bicyclic) bond motifs is 1. The van der Waals surface area contributed by atoms with Gasteiger partial charge in [-0.1, -0.05) is 0 Å². The molecular weight excluding hydrogens is 230 g/mol. The topological polar surface area (TPSA) is 72.8 Å². The predicted octanol–water partition coefficient (Wildman–Crippen LogP) is 0.724. The zero-order valence-electron chi connectivity index (χ0n) is 10.00. The van der Waals surface area contributed by atoms with Crippen LogP contribution in [0.15, 0.2) is 24.7 Å². The predicted molar refractivity (Wildman–Crippen MR) is 64.5 cm³/mol. The van der Waals surface area contributed by atoms with Crippen molar-refractivity contribution < 1.29 is 4.74 Å². The number of aromatic nitrogens is 4. The van der Waals surface area contributed by atoms with Crippen LogP contribution in [0.25, 0.3) is 11.6 Å². The third kappa shape index (κ3) is 1.96. The molecule has 6 nitrogen and oxygen atoms in total. The summed E-state index contributed by atoms with van der Waals surface area (Å²) in [5.41, 5.74) is 1.99. The molecule has 1 aliphatic rings. The Bertz CT molecular complexity index is 545. The summed E-state index contributed by atoms with van der Waals surface area (Å²) in [6, 6.07) is 1.77. The molecule has 0 fully saturated rings. The number of ether oxygens (including phenoxy) is 1. The third-order valence-corrected chi connectivity index (χ3v) is 2.88. The highest BCUT2D eigenvalue weighted by atomic mass is 16.5. The molecule has 2 aromatic heterocycles. The van der Waals surface area contributed by atoms with Gasteiger partial charge in [-0.05, 0) is 6.07 Å². The maximum absolute atomic E-state index is 5.34. The first-order valence-electron chi connectivity index (χ1n) is 5.78. The van der Waals surface area contributed by atoms with Crippen molar-refractivity contribution in [3.8, 4) is 11.6 Å². The van der Waals surface area contributed by atoms with E-state index in [0.29, 0.717) is 11.6 Å². The van der Waals surface area contributed by atoms with Gasteiger partial charge in [-0.2, -0.15) is 0 Å². The molecule has 3 rings (SSSR count). The molecule has 2 aromatic rings. The fourth-order valence-corrected chi connectivity index (χ4v) is 2.01. The van der Waals surface area contributed by atoms with Crippen LogP contribution < -0.4 is 5.32 Å². The summed E-state index contributed by atoms with van der Waals surface area (Å²) >= 11 is 0. The van der Waals surface area contributed by atoms with E-state index in [1.54, 1.807) is 31.8 Å². The van der Waals surface area contributed by atoms with Gasteiger partial charge in [0.05, 0.1) is 5.69 Å². The Morgan fingerprint density at radius 1 is 1.22 bits per heavy atom. The quantitative estimate of drug-likeness (QED) is 0.838. The van der Waals surface area contributed by atoms with Gasteiger partial charge in [0.1, 0.15) is 6.23 Å². The summed E-state index contributed by atoms with van der Waals surface area (Å²) in [5.74, 6) is 1.11. The van der Waals surface area contributed by atoms with Crippen molar-refractivity contribution in [1.82, 2.24) is 25.3 Å². The Balaban J connectivity index is 2.01. The van der Waals surface area contributed by atoms with E-state index >= 15 is 0 Å². The van der Waals surface area contributed by atoms with Crippen LogP contribution in [0.5, 0.6) is 0 Å². The highest BCUT2D eigenvalue weighted by Gasteiger charge is 2.21. The maximum atomic E-state index is 5.34. The molecule has 0 saturated carbocycles. The number of nitrogens with zero attached hydrogens (tertiary/aromatic N) is 4. The molecule has 92 valence electrons. The summed E-state index contributed by atoms with van der Waals surface area (Å²) in [4.78, 5) is 17.1. The standard InChI is InChI=1S/C12H13N5O/c1-18-12-8-7-16-11(10-13-4-2-5-14-10)17-9(8)3-6-15-12/h2,4-5,7,12,15H,3,6H2,1H3. The molecule has 0 bridgehead atoms. The maximum Gasteiger partial charge on any atom is 0.197 e. The van der Waals surface area contributed by atoms with Crippen LogP contribution in [0, 0.1) is 0 Å². The lowest BCUT2D eigenvalue weighted by atomic mass is 10.1. The minimum atomic E-state index is -0.125. The Morgan fingerprint density at radius 2 is 2.06 bits per heavy atom. The van der Waals surface area contributed by atoms with E-state index in [1.807, 2.05) is 0 Å². The first-order valence-corrected chi connectivity index (χ1v) is 5.78. The third-order valence-electron chi connectivity index (χ3n) is 2.88. The van der Waals surface area contributed by atoms with Crippen molar-refractivity contribution in [3.63, 3.8) is 0 Å². The van der Waals surface area contributed by atoms with Gasteiger partial charge in [0, 0.05) is 44.2 Å². The van der Waals surface area contributed by atoms with Gasteiger partial charge in [0.15, 0.2) is 11.6 Å². The lowest BCUT2D eigenvalue weighted by molar-refractivity contribution is 0.0675. The van der Waals surface area contributed by atoms with Crippen molar-refractivity contribution in [3.05, 3.63) is 35.9 Å². The number of methoxy groups -OCH3 is 1. The Labute approximate surface area is 104 Å². The molecule has 1 unspecified atom stereocenters. The molecule has 6 heteroatoms. The smallest absolute Gasteiger partial charge is 0.197 e. The number of hydrogen-bond acceptors (Lipinski definition) is 6. The van der Waals surface area contributed by atoms with Crippen molar-refractivity contribution in [2.24, 2.45) is 0 Å². The summed E-state index contributed by atoms with van der Waals surface area (Å²) in [5, 5.41) is 3.25.